The van der Waals surface area contributed by atoms with Crippen LogP contribution >= 0.6 is 39.7 Å². The topological polar surface area (TPSA) is 51.1 Å². The maximum Gasteiger partial charge on any atom is 0.172 e. The van der Waals surface area contributed by atoms with Crippen LogP contribution in [0.5, 0.6) is 0 Å². The molecule has 1 heterocycles. The molecule has 2 rings (SSSR count). The van der Waals surface area contributed by atoms with E-state index in [0.29, 0.717) is 34.7 Å². The largest absolute Gasteiger partial charge is 0.385 e. The van der Waals surface area contributed by atoms with Crippen LogP contribution in [0.4, 0.5) is 10.2 Å². The number of thiocarbonyl (C=S) groups is 1. The number of anilines is 1. The fourth-order valence-corrected chi connectivity index (χ4v) is 2.81. The van der Waals surface area contributed by atoms with E-state index in [1.807, 2.05) is 0 Å². The molecule has 1 aromatic heterocycles. The Kier molecular flexibility index (Phi) is 7.41. The van der Waals surface area contributed by atoms with E-state index < -0.39 is 0 Å². The van der Waals surface area contributed by atoms with Crippen LogP contribution in [0.2, 0.25) is 5.02 Å². The number of nitrogens with zero attached hydrogens (tertiary/aromatic N) is 2. The Morgan fingerprint density at radius 1 is 1.50 bits per heavy atom. The molecular formula is C15H17BrClFN4OS. The van der Waals surface area contributed by atoms with Gasteiger partial charge in [0, 0.05) is 37.0 Å². The molecule has 0 amide bonds. The molecule has 0 aliphatic rings. The number of hydrogen-bond acceptors (Lipinski definition) is 3. The standard InChI is InChI=1S/C15H17BrClFN4OS/c1-23-7-3-6-19-15(24)20-14-11(16)9-22(21-14)8-10-12(17)4-2-5-13(10)18/h2,4-5,9H,3,6-8H2,1H3,(H2,19,20,21,24). The van der Waals surface area contributed by atoms with Crippen LogP contribution in [0.1, 0.15) is 12.0 Å². The normalized spacial score (nSPS) is 10.7. The summed E-state index contributed by atoms with van der Waals surface area (Å²) in [5.41, 5.74) is 0.390. The summed E-state index contributed by atoms with van der Waals surface area (Å²) in [7, 11) is 1.65. The second-order valence-electron chi connectivity index (χ2n) is 4.95. The third-order valence-corrected chi connectivity index (χ3v) is 4.32. The Hall–Kier alpha value is -1.22. The number of halogens is 3. The van der Waals surface area contributed by atoms with Crippen molar-refractivity contribution in [3.05, 3.63) is 45.3 Å². The van der Waals surface area contributed by atoms with Crippen molar-refractivity contribution in [3.63, 3.8) is 0 Å². The van der Waals surface area contributed by atoms with Gasteiger partial charge in [-0.2, -0.15) is 5.10 Å². The second kappa shape index (κ2) is 9.31. The lowest BCUT2D eigenvalue weighted by Gasteiger charge is -2.09. The quantitative estimate of drug-likeness (QED) is 0.512. The van der Waals surface area contributed by atoms with Gasteiger partial charge in [-0.3, -0.25) is 4.68 Å². The van der Waals surface area contributed by atoms with Crippen molar-refractivity contribution in [1.82, 2.24) is 15.1 Å². The molecule has 2 aromatic rings. The Balaban J connectivity index is 1.98. The molecule has 0 atom stereocenters. The smallest absolute Gasteiger partial charge is 0.172 e. The minimum absolute atomic E-state index is 0.222. The maximum absolute atomic E-state index is 13.9. The second-order valence-corrected chi connectivity index (χ2v) is 6.62. The van der Waals surface area contributed by atoms with Crippen LogP contribution in [0.15, 0.2) is 28.9 Å². The van der Waals surface area contributed by atoms with Gasteiger partial charge in [0.15, 0.2) is 10.9 Å². The summed E-state index contributed by atoms with van der Waals surface area (Å²) in [4.78, 5) is 0. The third-order valence-electron chi connectivity index (χ3n) is 3.14. The molecule has 0 spiro atoms. The van der Waals surface area contributed by atoms with Crippen LogP contribution in [0.3, 0.4) is 0 Å². The lowest BCUT2D eigenvalue weighted by Crippen LogP contribution is -2.30. The molecule has 1 aromatic carbocycles. The summed E-state index contributed by atoms with van der Waals surface area (Å²) in [6.07, 6.45) is 2.58. The molecule has 0 aliphatic carbocycles. The van der Waals surface area contributed by atoms with E-state index >= 15 is 0 Å². The molecule has 0 bridgehead atoms. The van der Waals surface area contributed by atoms with E-state index in [1.54, 1.807) is 30.1 Å². The minimum atomic E-state index is -0.362. The molecule has 0 fully saturated rings. The highest BCUT2D eigenvalue weighted by molar-refractivity contribution is 9.10. The molecule has 130 valence electrons. The lowest BCUT2D eigenvalue weighted by atomic mass is 10.2. The van der Waals surface area contributed by atoms with Gasteiger partial charge in [0.25, 0.3) is 0 Å². The van der Waals surface area contributed by atoms with Gasteiger partial charge < -0.3 is 15.4 Å². The van der Waals surface area contributed by atoms with Crippen molar-refractivity contribution in [3.8, 4) is 0 Å². The highest BCUT2D eigenvalue weighted by Crippen LogP contribution is 2.24. The zero-order chi connectivity index (χ0) is 17.5. The van der Waals surface area contributed by atoms with Gasteiger partial charge in [-0.05, 0) is 46.7 Å². The summed E-state index contributed by atoms with van der Waals surface area (Å²) in [6, 6.07) is 4.59. The first-order valence-electron chi connectivity index (χ1n) is 7.21. The fourth-order valence-electron chi connectivity index (χ4n) is 1.98. The molecule has 5 nitrogen and oxygen atoms in total. The van der Waals surface area contributed by atoms with Crippen LogP contribution < -0.4 is 10.6 Å². The van der Waals surface area contributed by atoms with Crippen LogP contribution in [0.25, 0.3) is 0 Å². The number of hydrogen-bond donors (Lipinski definition) is 2. The van der Waals surface area contributed by atoms with E-state index in [9.17, 15) is 4.39 Å². The number of aromatic nitrogens is 2. The Morgan fingerprint density at radius 3 is 3.00 bits per heavy atom. The van der Waals surface area contributed by atoms with Crippen molar-refractivity contribution in [2.24, 2.45) is 0 Å². The minimum Gasteiger partial charge on any atom is -0.385 e. The summed E-state index contributed by atoms with van der Waals surface area (Å²) in [5.74, 6) is 0.186. The van der Waals surface area contributed by atoms with Gasteiger partial charge in [-0.15, -0.1) is 0 Å². The Labute approximate surface area is 158 Å². The predicted molar refractivity (Wildman–Crippen MR) is 101 cm³/mol. The molecular weight excluding hydrogens is 419 g/mol. The van der Waals surface area contributed by atoms with Crippen molar-refractivity contribution in [1.29, 1.82) is 0 Å². The highest BCUT2D eigenvalue weighted by Gasteiger charge is 2.12. The van der Waals surface area contributed by atoms with Gasteiger partial charge in [0.1, 0.15) is 5.82 Å². The summed E-state index contributed by atoms with van der Waals surface area (Å²) >= 11 is 14.7. The predicted octanol–water partition coefficient (Wildman–Crippen LogP) is 3.81. The van der Waals surface area contributed by atoms with E-state index in [4.69, 9.17) is 28.6 Å². The summed E-state index contributed by atoms with van der Waals surface area (Å²) in [5, 5.41) is 11.2. The number of rotatable bonds is 7. The molecule has 2 N–H and O–H groups in total. The number of benzene rings is 1. The monoisotopic (exact) mass is 434 g/mol. The SMILES string of the molecule is COCCCNC(=S)Nc1nn(Cc2c(F)cccc2Cl)cc1Br. The van der Waals surface area contributed by atoms with Crippen molar-refractivity contribution < 1.29 is 9.13 Å². The molecule has 0 radical (unpaired) electrons. The first-order valence-corrected chi connectivity index (χ1v) is 8.79. The first kappa shape index (κ1) is 19.1. The molecule has 9 heteroatoms. The van der Waals surface area contributed by atoms with Crippen molar-refractivity contribution >= 4 is 50.7 Å². The molecule has 0 aliphatic heterocycles. The zero-order valence-corrected chi connectivity index (χ0v) is 16.1. The van der Waals surface area contributed by atoms with Crippen LogP contribution in [-0.4, -0.2) is 35.2 Å². The van der Waals surface area contributed by atoms with Crippen LogP contribution in [0, 0.1) is 5.82 Å². The summed E-state index contributed by atoms with van der Waals surface area (Å²) in [6.45, 7) is 1.58. The molecule has 0 saturated carbocycles. The van der Waals surface area contributed by atoms with E-state index in [0.717, 1.165) is 10.9 Å². The average Bonchev–Trinajstić information content (AvgIpc) is 2.87. The Bertz CT molecular complexity index is 693. The first-order chi connectivity index (χ1) is 11.5. The number of methoxy groups -OCH3 is 1. The average molecular weight is 436 g/mol. The van der Waals surface area contributed by atoms with Gasteiger partial charge in [-0.1, -0.05) is 17.7 Å². The fraction of sp³-hybridized carbons (Fsp3) is 0.333. The molecule has 24 heavy (non-hydrogen) atoms. The lowest BCUT2D eigenvalue weighted by molar-refractivity contribution is 0.196. The molecule has 0 unspecified atom stereocenters. The van der Waals surface area contributed by atoms with Gasteiger partial charge in [0.2, 0.25) is 0 Å². The third kappa shape index (κ3) is 5.41. The molecule has 0 saturated heterocycles. The van der Waals surface area contributed by atoms with E-state index in [1.165, 1.54) is 6.07 Å². The number of nitrogens with one attached hydrogen (secondary N) is 2. The Morgan fingerprint density at radius 2 is 2.29 bits per heavy atom. The van der Waals surface area contributed by atoms with E-state index in [2.05, 4.69) is 31.7 Å². The van der Waals surface area contributed by atoms with Crippen molar-refractivity contribution in [2.75, 3.05) is 25.6 Å². The van der Waals surface area contributed by atoms with Gasteiger partial charge in [0.05, 0.1) is 11.0 Å². The van der Waals surface area contributed by atoms with Gasteiger partial charge >= 0.3 is 0 Å². The van der Waals surface area contributed by atoms with Gasteiger partial charge in [-0.25, -0.2) is 4.39 Å². The van der Waals surface area contributed by atoms with E-state index in [-0.39, 0.29) is 12.4 Å². The van der Waals surface area contributed by atoms with Crippen molar-refractivity contribution in [2.45, 2.75) is 13.0 Å². The zero-order valence-electron chi connectivity index (χ0n) is 13.0. The maximum atomic E-state index is 13.9. The highest BCUT2D eigenvalue weighted by atomic mass is 79.9. The number of ether oxygens (including phenoxy) is 1. The summed E-state index contributed by atoms with van der Waals surface area (Å²) < 4.78 is 21.1. The van der Waals surface area contributed by atoms with Crippen LogP contribution in [-0.2, 0) is 11.3 Å².